The Hall–Kier alpha value is -1.03. The van der Waals surface area contributed by atoms with Crippen molar-refractivity contribution in [1.29, 1.82) is 0 Å². The van der Waals surface area contributed by atoms with Gasteiger partial charge < -0.3 is 9.67 Å². The molecular formula is C14H16Cl2N2O. The minimum atomic E-state index is -0.230. The minimum absolute atomic E-state index is 0.0396. The number of nitrogens with zero attached hydrogens (tertiary/aromatic N) is 2. The molecule has 2 rings (SSSR count). The van der Waals surface area contributed by atoms with Crippen molar-refractivity contribution in [3.05, 3.63) is 52.0 Å². The Morgan fingerprint density at radius 2 is 2.16 bits per heavy atom. The second-order valence-corrected chi connectivity index (χ2v) is 5.22. The molecule has 0 amide bonds. The number of hydrogen-bond acceptors (Lipinski definition) is 2. The van der Waals surface area contributed by atoms with Crippen molar-refractivity contribution in [2.45, 2.75) is 25.8 Å². The summed E-state index contributed by atoms with van der Waals surface area (Å²) in [4.78, 5) is 4.36. The molecular weight excluding hydrogens is 283 g/mol. The van der Waals surface area contributed by atoms with E-state index in [0.29, 0.717) is 10.0 Å². The molecule has 0 aliphatic rings. The number of aromatic nitrogens is 2. The van der Waals surface area contributed by atoms with Crippen LogP contribution >= 0.6 is 23.2 Å². The lowest BCUT2D eigenvalue weighted by atomic mass is 9.99. The predicted molar refractivity (Wildman–Crippen MR) is 77.9 cm³/mol. The van der Waals surface area contributed by atoms with Gasteiger partial charge in [0, 0.05) is 29.0 Å². The van der Waals surface area contributed by atoms with Gasteiger partial charge in [0.1, 0.15) is 5.82 Å². The molecule has 0 aliphatic carbocycles. The number of rotatable bonds is 5. The van der Waals surface area contributed by atoms with Crippen molar-refractivity contribution in [1.82, 2.24) is 9.55 Å². The largest absolute Gasteiger partial charge is 0.395 e. The molecule has 102 valence electrons. The molecule has 0 bridgehead atoms. The fourth-order valence-electron chi connectivity index (χ4n) is 2.16. The van der Waals surface area contributed by atoms with Crippen LogP contribution in [0.4, 0.5) is 0 Å². The van der Waals surface area contributed by atoms with E-state index in [1.165, 1.54) is 0 Å². The second kappa shape index (κ2) is 6.42. The Labute approximate surface area is 122 Å². The second-order valence-electron chi connectivity index (χ2n) is 4.38. The molecule has 1 atom stereocenters. The molecule has 1 aromatic heterocycles. The molecule has 0 fully saturated rings. The number of halogens is 2. The molecule has 1 unspecified atom stereocenters. The van der Waals surface area contributed by atoms with Gasteiger partial charge in [-0.15, -0.1) is 0 Å². The summed E-state index contributed by atoms with van der Waals surface area (Å²) in [6.45, 7) is 2.94. The first-order valence-corrected chi connectivity index (χ1v) is 6.99. The first-order chi connectivity index (χ1) is 9.17. The number of benzene rings is 1. The first kappa shape index (κ1) is 14.4. The van der Waals surface area contributed by atoms with Gasteiger partial charge in [-0.2, -0.15) is 0 Å². The Balaban J connectivity index is 2.41. The van der Waals surface area contributed by atoms with Gasteiger partial charge in [-0.25, -0.2) is 4.98 Å². The van der Waals surface area contributed by atoms with Gasteiger partial charge in [0.15, 0.2) is 0 Å². The quantitative estimate of drug-likeness (QED) is 0.913. The molecule has 0 spiro atoms. The zero-order valence-electron chi connectivity index (χ0n) is 10.7. The van der Waals surface area contributed by atoms with E-state index in [-0.39, 0.29) is 12.5 Å². The van der Waals surface area contributed by atoms with Crippen LogP contribution in [0.25, 0.3) is 0 Å². The average Bonchev–Trinajstić information content (AvgIpc) is 2.82. The normalized spacial score (nSPS) is 12.6. The fraction of sp³-hybridized carbons (Fsp3) is 0.357. The smallest absolute Gasteiger partial charge is 0.118 e. The zero-order valence-corrected chi connectivity index (χ0v) is 12.2. The zero-order chi connectivity index (χ0) is 13.8. The molecule has 19 heavy (non-hydrogen) atoms. The summed E-state index contributed by atoms with van der Waals surface area (Å²) in [6, 6.07) is 5.31. The monoisotopic (exact) mass is 298 g/mol. The number of aliphatic hydroxyl groups is 1. The van der Waals surface area contributed by atoms with Crippen LogP contribution < -0.4 is 0 Å². The number of aryl methyl sites for hydroxylation is 1. The Morgan fingerprint density at radius 1 is 1.37 bits per heavy atom. The van der Waals surface area contributed by atoms with Crippen molar-refractivity contribution >= 4 is 23.2 Å². The highest BCUT2D eigenvalue weighted by Crippen LogP contribution is 2.31. The van der Waals surface area contributed by atoms with E-state index in [1.54, 1.807) is 18.3 Å². The van der Waals surface area contributed by atoms with Crippen molar-refractivity contribution in [2.24, 2.45) is 0 Å². The summed E-state index contributed by atoms with van der Waals surface area (Å²) in [5, 5.41) is 10.8. The highest BCUT2D eigenvalue weighted by molar-refractivity contribution is 6.35. The van der Waals surface area contributed by atoms with Gasteiger partial charge in [-0.05, 0) is 24.1 Å². The Kier molecular flexibility index (Phi) is 4.86. The topological polar surface area (TPSA) is 38.0 Å². The summed E-state index contributed by atoms with van der Waals surface area (Å²) < 4.78 is 2.05. The molecule has 2 aromatic rings. The van der Waals surface area contributed by atoms with Crippen molar-refractivity contribution in [3.63, 3.8) is 0 Å². The van der Waals surface area contributed by atoms with Crippen LogP contribution in [0.2, 0.25) is 10.0 Å². The van der Waals surface area contributed by atoms with Crippen LogP contribution in [0.3, 0.4) is 0 Å². The summed E-state index contributed by atoms with van der Waals surface area (Å²) in [5.74, 6) is 0.597. The van der Waals surface area contributed by atoms with E-state index >= 15 is 0 Å². The number of imidazole rings is 1. The lowest BCUT2D eigenvalue weighted by Crippen LogP contribution is -2.14. The van der Waals surface area contributed by atoms with Crippen molar-refractivity contribution in [2.75, 3.05) is 6.61 Å². The summed E-state index contributed by atoms with van der Waals surface area (Å²) >= 11 is 12.1. The number of aliphatic hydroxyl groups excluding tert-OH is 1. The van der Waals surface area contributed by atoms with E-state index < -0.39 is 0 Å². The van der Waals surface area contributed by atoms with Gasteiger partial charge in [0.05, 0.1) is 12.5 Å². The van der Waals surface area contributed by atoms with Crippen molar-refractivity contribution in [3.8, 4) is 0 Å². The van der Waals surface area contributed by atoms with Crippen molar-refractivity contribution < 1.29 is 5.11 Å². The van der Waals surface area contributed by atoms with Crippen LogP contribution in [-0.4, -0.2) is 21.3 Å². The van der Waals surface area contributed by atoms with Gasteiger partial charge in [-0.1, -0.05) is 36.2 Å². The maximum absolute atomic E-state index is 9.69. The maximum atomic E-state index is 9.69. The van der Waals surface area contributed by atoms with E-state index in [4.69, 9.17) is 23.2 Å². The van der Waals surface area contributed by atoms with Crippen LogP contribution in [0, 0.1) is 0 Å². The standard InChI is InChI=1S/C14H16Cl2N2O/c1-2-6-18-7-5-17-14(18)12(9-19)11-4-3-10(15)8-13(11)16/h3-5,7-8,12,19H,2,6,9H2,1H3. The molecule has 1 heterocycles. The molecule has 5 heteroatoms. The number of hydrogen-bond donors (Lipinski definition) is 1. The highest BCUT2D eigenvalue weighted by atomic mass is 35.5. The fourth-order valence-corrected chi connectivity index (χ4v) is 2.70. The van der Waals surface area contributed by atoms with Gasteiger partial charge >= 0.3 is 0 Å². The van der Waals surface area contributed by atoms with E-state index in [2.05, 4.69) is 11.9 Å². The van der Waals surface area contributed by atoms with Crippen LogP contribution in [0.1, 0.15) is 30.7 Å². The Bertz CT molecular complexity index is 554. The summed E-state index contributed by atoms with van der Waals surface area (Å²) in [6.07, 6.45) is 4.68. The van der Waals surface area contributed by atoms with E-state index in [9.17, 15) is 5.11 Å². The minimum Gasteiger partial charge on any atom is -0.395 e. The van der Waals surface area contributed by atoms with E-state index in [0.717, 1.165) is 24.4 Å². The highest BCUT2D eigenvalue weighted by Gasteiger charge is 2.20. The van der Waals surface area contributed by atoms with Crippen LogP contribution in [0.15, 0.2) is 30.6 Å². The predicted octanol–water partition coefficient (Wildman–Crippen LogP) is 3.72. The molecule has 0 saturated carbocycles. The first-order valence-electron chi connectivity index (χ1n) is 6.24. The maximum Gasteiger partial charge on any atom is 0.118 e. The van der Waals surface area contributed by atoms with E-state index in [1.807, 2.05) is 16.8 Å². The molecule has 0 saturated heterocycles. The third kappa shape index (κ3) is 3.11. The third-order valence-corrected chi connectivity index (χ3v) is 3.61. The van der Waals surface area contributed by atoms with Crippen LogP contribution in [0.5, 0.6) is 0 Å². The van der Waals surface area contributed by atoms with Gasteiger partial charge in [0.2, 0.25) is 0 Å². The lowest BCUT2D eigenvalue weighted by molar-refractivity contribution is 0.274. The Morgan fingerprint density at radius 3 is 2.79 bits per heavy atom. The van der Waals surface area contributed by atoms with Gasteiger partial charge in [0.25, 0.3) is 0 Å². The molecule has 1 aromatic carbocycles. The summed E-state index contributed by atoms with van der Waals surface area (Å²) in [5.41, 5.74) is 0.845. The SMILES string of the molecule is CCCn1ccnc1C(CO)c1ccc(Cl)cc1Cl. The summed E-state index contributed by atoms with van der Waals surface area (Å²) in [7, 11) is 0. The molecule has 1 N–H and O–H groups in total. The van der Waals surface area contributed by atoms with Gasteiger partial charge in [-0.3, -0.25) is 0 Å². The lowest BCUT2D eigenvalue weighted by Gasteiger charge is -2.17. The average molecular weight is 299 g/mol. The molecule has 0 radical (unpaired) electrons. The van der Waals surface area contributed by atoms with Crippen LogP contribution in [-0.2, 0) is 6.54 Å². The molecule has 3 nitrogen and oxygen atoms in total. The third-order valence-electron chi connectivity index (χ3n) is 3.04. The molecule has 0 aliphatic heterocycles.